The minimum Gasteiger partial charge on any atom is -0.395 e. The Labute approximate surface area is 130 Å². The van der Waals surface area contributed by atoms with Crippen LogP contribution in [0.2, 0.25) is 0 Å². The van der Waals surface area contributed by atoms with E-state index in [1.54, 1.807) is 17.0 Å². The van der Waals surface area contributed by atoms with Crippen molar-refractivity contribution in [3.63, 3.8) is 0 Å². The standard InChI is InChI=1S/C17H23FN2O2/c1-2-9-19-10-3-4-16(19)17(22)20(11-12-21)13-14-5-7-15(18)8-6-14/h2,5-8,16,21H,1,3-4,9-13H2/t16-/m0/s1. The van der Waals surface area contributed by atoms with E-state index in [2.05, 4.69) is 11.5 Å². The molecule has 0 bridgehead atoms. The largest absolute Gasteiger partial charge is 0.395 e. The maximum Gasteiger partial charge on any atom is 0.240 e. The van der Waals surface area contributed by atoms with Crippen LogP contribution >= 0.6 is 0 Å². The Bertz CT molecular complexity index is 504. The summed E-state index contributed by atoms with van der Waals surface area (Å²) in [6, 6.07) is 5.96. The highest BCUT2D eigenvalue weighted by Crippen LogP contribution is 2.20. The molecular formula is C17H23FN2O2. The molecule has 0 aliphatic carbocycles. The summed E-state index contributed by atoms with van der Waals surface area (Å²) < 4.78 is 13.0. The van der Waals surface area contributed by atoms with Crippen LogP contribution in [0.4, 0.5) is 4.39 Å². The first-order valence-corrected chi connectivity index (χ1v) is 7.64. The third kappa shape index (κ3) is 4.15. The first-order chi connectivity index (χ1) is 10.7. The van der Waals surface area contributed by atoms with Crippen molar-refractivity contribution in [1.29, 1.82) is 0 Å². The molecule has 1 aromatic carbocycles. The smallest absolute Gasteiger partial charge is 0.240 e. The molecule has 0 unspecified atom stereocenters. The molecular weight excluding hydrogens is 283 g/mol. The van der Waals surface area contributed by atoms with Gasteiger partial charge in [0, 0.05) is 19.6 Å². The fraction of sp³-hybridized carbons (Fsp3) is 0.471. The molecule has 2 rings (SSSR count). The van der Waals surface area contributed by atoms with Gasteiger partial charge in [-0.1, -0.05) is 18.2 Å². The number of likely N-dealkylation sites (tertiary alicyclic amines) is 1. The highest BCUT2D eigenvalue weighted by Gasteiger charge is 2.32. The Morgan fingerprint density at radius 3 is 2.82 bits per heavy atom. The van der Waals surface area contributed by atoms with Crippen LogP contribution in [0.15, 0.2) is 36.9 Å². The van der Waals surface area contributed by atoms with Gasteiger partial charge in [-0.3, -0.25) is 9.69 Å². The number of halogens is 1. The third-order valence-corrected chi connectivity index (χ3v) is 3.98. The van der Waals surface area contributed by atoms with Crippen molar-refractivity contribution in [3.05, 3.63) is 48.3 Å². The lowest BCUT2D eigenvalue weighted by molar-refractivity contribution is -0.137. The van der Waals surface area contributed by atoms with Gasteiger partial charge in [-0.25, -0.2) is 4.39 Å². The number of hydrogen-bond acceptors (Lipinski definition) is 3. The van der Waals surface area contributed by atoms with Crippen molar-refractivity contribution in [2.45, 2.75) is 25.4 Å². The molecule has 1 aliphatic heterocycles. The molecule has 4 nitrogen and oxygen atoms in total. The molecule has 1 aliphatic rings. The minimum absolute atomic E-state index is 0.0257. The molecule has 1 heterocycles. The number of aliphatic hydroxyl groups excluding tert-OH is 1. The fourth-order valence-corrected chi connectivity index (χ4v) is 2.90. The van der Waals surface area contributed by atoms with E-state index >= 15 is 0 Å². The lowest BCUT2D eigenvalue weighted by Crippen LogP contribution is -2.46. The van der Waals surface area contributed by atoms with Crippen molar-refractivity contribution in [1.82, 2.24) is 9.80 Å². The van der Waals surface area contributed by atoms with Gasteiger partial charge in [-0.15, -0.1) is 6.58 Å². The van der Waals surface area contributed by atoms with Crippen molar-refractivity contribution in [2.75, 3.05) is 26.2 Å². The van der Waals surface area contributed by atoms with Crippen molar-refractivity contribution < 1.29 is 14.3 Å². The molecule has 1 saturated heterocycles. The molecule has 120 valence electrons. The Morgan fingerprint density at radius 1 is 1.45 bits per heavy atom. The Balaban J connectivity index is 2.07. The second-order valence-electron chi connectivity index (χ2n) is 5.55. The van der Waals surface area contributed by atoms with E-state index in [4.69, 9.17) is 0 Å². The van der Waals surface area contributed by atoms with Gasteiger partial charge >= 0.3 is 0 Å². The summed E-state index contributed by atoms with van der Waals surface area (Å²) >= 11 is 0. The molecule has 0 radical (unpaired) electrons. The van der Waals surface area contributed by atoms with Crippen LogP contribution in [0.5, 0.6) is 0 Å². The monoisotopic (exact) mass is 306 g/mol. The summed E-state index contributed by atoms with van der Waals surface area (Å²) in [6.07, 6.45) is 3.63. The normalized spacial score (nSPS) is 18.4. The Morgan fingerprint density at radius 2 is 2.18 bits per heavy atom. The quantitative estimate of drug-likeness (QED) is 0.781. The molecule has 1 N–H and O–H groups in total. The van der Waals surface area contributed by atoms with Gasteiger partial charge in [0.2, 0.25) is 5.91 Å². The summed E-state index contributed by atoms with van der Waals surface area (Å²) in [5.74, 6) is -0.269. The summed E-state index contributed by atoms with van der Waals surface area (Å²) in [4.78, 5) is 16.5. The van der Waals surface area contributed by atoms with Crippen molar-refractivity contribution in [3.8, 4) is 0 Å². The number of carbonyl (C=O) groups is 1. The van der Waals surface area contributed by atoms with Gasteiger partial charge in [-0.05, 0) is 37.1 Å². The van der Waals surface area contributed by atoms with Gasteiger partial charge in [0.05, 0.1) is 12.6 Å². The van der Waals surface area contributed by atoms with Gasteiger partial charge in [0.15, 0.2) is 0 Å². The molecule has 1 atom stereocenters. The molecule has 22 heavy (non-hydrogen) atoms. The second-order valence-corrected chi connectivity index (χ2v) is 5.55. The number of amides is 1. The van der Waals surface area contributed by atoms with Gasteiger partial charge in [-0.2, -0.15) is 0 Å². The van der Waals surface area contributed by atoms with Crippen LogP contribution in [0, 0.1) is 5.82 Å². The van der Waals surface area contributed by atoms with E-state index in [0.29, 0.717) is 13.1 Å². The first-order valence-electron chi connectivity index (χ1n) is 7.64. The first kappa shape index (κ1) is 16.6. The lowest BCUT2D eigenvalue weighted by atomic mass is 10.1. The summed E-state index contributed by atoms with van der Waals surface area (Å²) in [6.45, 7) is 5.91. The van der Waals surface area contributed by atoms with Gasteiger partial charge < -0.3 is 10.0 Å². The zero-order valence-electron chi connectivity index (χ0n) is 12.7. The van der Waals surface area contributed by atoms with Crippen LogP contribution in [0.1, 0.15) is 18.4 Å². The maximum absolute atomic E-state index is 13.0. The minimum atomic E-state index is -0.295. The Kier molecular flexibility index (Phi) is 6.10. The lowest BCUT2D eigenvalue weighted by Gasteiger charge is -2.29. The summed E-state index contributed by atoms with van der Waals surface area (Å²) in [5.41, 5.74) is 0.858. The average Bonchev–Trinajstić information content (AvgIpc) is 2.97. The van der Waals surface area contributed by atoms with Crippen molar-refractivity contribution >= 4 is 5.91 Å². The number of benzene rings is 1. The van der Waals surface area contributed by atoms with E-state index in [9.17, 15) is 14.3 Å². The number of carbonyl (C=O) groups excluding carboxylic acids is 1. The number of rotatable bonds is 7. The molecule has 1 aromatic rings. The summed E-state index contributed by atoms with van der Waals surface area (Å²) in [5, 5.41) is 9.24. The topological polar surface area (TPSA) is 43.8 Å². The van der Waals surface area contributed by atoms with Crippen LogP contribution in [-0.4, -0.2) is 53.1 Å². The maximum atomic E-state index is 13.0. The van der Waals surface area contributed by atoms with Gasteiger partial charge in [0.25, 0.3) is 0 Å². The van der Waals surface area contributed by atoms with Crippen LogP contribution in [0.3, 0.4) is 0 Å². The third-order valence-electron chi connectivity index (χ3n) is 3.98. The van der Waals surface area contributed by atoms with Crippen LogP contribution < -0.4 is 0 Å². The van der Waals surface area contributed by atoms with Crippen molar-refractivity contribution in [2.24, 2.45) is 0 Å². The van der Waals surface area contributed by atoms with E-state index in [0.717, 1.165) is 24.9 Å². The number of nitrogens with zero attached hydrogens (tertiary/aromatic N) is 2. The zero-order valence-corrected chi connectivity index (χ0v) is 12.7. The number of hydrogen-bond donors (Lipinski definition) is 1. The highest BCUT2D eigenvalue weighted by molar-refractivity contribution is 5.82. The Hall–Kier alpha value is -1.72. The average molecular weight is 306 g/mol. The molecule has 0 saturated carbocycles. The molecule has 1 fully saturated rings. The highest BCUT2D eigenvalue weighted by atomic mass is 19.1. The van der Waals surface area contributed by atoms with Crippen LogP contribution in [0.25, 0.3) is 0 Å². The molecule has 5 heteroatoms. The summed E-state index contributed by atoms with van der Waals surface area (Å²) in [7, 11) is 0. The van der Waals surface area contributed by atoms with E-state index in [1.807, 2.05) is 6.08 Å². The predicted octanol–water partition coefficient (Wildman–Crippen LogP) is 1.80. The van der Waals surface area contributed by atoms with E-state index in [1.165, 1.54) is 12.1 Å². The van der Waals surface area contributed by atoms with E-state index < -0.39 is 0 Å². The predicted molar refractivity (Wildman–Crippen MR) is 83.7 cm³/mol. The number of aliphatic hydroxyl groups is 1. The SMILES string of the molecule is C=CCN1CCC[C@H]1C(=O)N(CCO)Cc1ccc(F)cc1. The molecule has 0 spiro atoms. The van der Waals surface area contributed by atoms with Crippen LogP contribution in [-0.2, 0) is 11.3 Å². The van der Waals surface area contributed by atoms with Gasteiger partial charge in [0.1, 0.15) is 5.82 Å². The second kappa shape index (κ2) is 8.06. The molecule has 1 amide bonds. The molecule has 0 aromatic heterocycles. The fourth-order valence-electron chi connectivity index (χ4n) is 2.90. The van der Waals surface area contributed by atoms with E-state index in [-0.39, 0.29) is 30.9 Å². The zero-order chi connectivity index (χ0) is 15.9.